The Hall–Kier alpha value is -1.26. The highest BCUT2D eigenvalue weighted by molar-refractivity contribution is 5.59. The third-order valence-electron chi connectivity index (χ3n) is 6.52. The molecule has 0 bridgehead atoms. The van der Waals surface area contributed by atoms with Crippen LogP contribution in [0.15, 0.2) is 12.1 Å². The first-order chi connectivity index (χ1) is 10.4. The SMILES string of the molecule is Cc1ccc(O)c2c1[C@@]1(C)[C@H](CCC[C@]13OCN(C)[C@@H]3C)O2. The van der Waals surface area contributed by atoms with Gasteiger partial charge in [0.05, 0.1) is 17.7 Å². The fraction of sp³-hybridized carbons (Fsp3) is 0.667. The lowest BCUT2D eigenvalue weighted by molar-refractivity contribution is -0.115. The van der Waals surface area contributed by atoms with Crippen LogP contribution in [0, 0.1) is 6.92 Å². The summed E-state index contributed by atoms with van der Waals surface area (Å²) < 4.78 is 12.7. The second-order valence-corrected chi connectivity index (χ2v) is 7.40. The van der Waals surface area contributed by atoms with Gasteiger partial charge in [0.1, 0.15) is 6.10 Å². The summed E-state index contributed by atoms with van der Waals surface area (Å²) in [5, 5.41) is 10.3. The Bertz CT molecular complexity index is 627. The van der Waals surface area contributed by atoms with E-state index in [9.17, 15) is 5.11 Å². The third kappa shape index (κ3) is 1.45. The summed E-state index contributed by atoms with van der Waals surface area (Å²) in [5.41, 5.74) is 1.88. The van der Waals surface area contributed by atoms with E-state index < -0.39 is 0 Å². The van der Waals surface area contributed by atoms with Gasteiger partial charge in [-0.05, 0) is 58.7 Å². The number of phenolic OH excluding ortho intramolecular Hbond substituents is 1. The minimum absolute atomic E-state index is 0.0807. The number of hydrogen-bond donors (Lipinski definition) is 1. The van der Waals surface area contributed by atoms with Gasteiger partial charge in [0.15, 0.2) is 11.5 Å². The molecule has 0 aromatic heterocycles. The van der Waals surface area contributed by atoms with Crippen molar-refractivity contribution in [2.24, 2.45) is 0 Å². The Morgan fingerprint density at radius 1 is 1.36 bits per heavy atom. The van der Waals surface area contributed by atoms with Crippen LogP contribution in [0.25, 0.3) is 0 Å². The number of benzene rings is 1. The number of aryl methyl sites for hydroxylation is 1. The summed E-state index contributed by atoms with van der Waals surface area (Å²) in [6, 6.07) is 4.07. The second-order valence-electron chi connectivity index (χ2n) is 7.40. The minimum atomic E-state index is -0.242. The summed E-state index contributed by atoms with van der Waals surface area (Å²) in [4.78, 5) is 2.28. The van der Waals surface area contributed by atoms with Crippen molar-refractivity contribution in [2.75, 3.05) is 13.8 Å². The molecule has 1 saturated carbocycles. The lowest BCUT2D eigenvalue weighted by atomic mass is 9.57. The number of fused-ring (bicyclic) bond motifs is 4. The zero-order chi connectivity index (χ0) is 15.7. The highest BCUT2D eigenvalue weighted by Crippen LogP contribution is 2.61. The highest BCUT2D eigenvalue weighted by atomic mass is 16.5. The Kier molecular flexibility index (Phi) is 2.86. The maximum atomic E-state index is 10.3. The van der Waals surface area contributed by atoms with Crippen LogP contribution in [0.4, 0.5) is 0 Å². The molecule has 0 unspecified atom stereocenters. The van der Waals surface area contributed by atoms with Gasteiger partial charge < -0.3 is 14.6 Å². The standard InChI is InChI=1S/C18H25NO3/c1-11-7-8-13(20)16-15(11)17(3)14(22-16)6-5-9-18(17)12(2)19(4)10-21-18/h7-8,12,14,20H,5-6,9-10H2,1-4H3/t12-,14+,17-,18-/m1/s1. The monoisotopic (exact) mass is 303 g/mol. The average molecular weight is 303 g/mol. The first-order valence-corrected chi connectivity index (χ1v) is 8.26. The highest BCUT2D eigenvalue weighted by Gasteiger charge is 2.66. The molecule has 4 atom stereocenters. The van der Waals surface area contributed by atoms with Crippen molar-refractivity contribution in [3.63, 3.8) is 0 Å². The van der Waals surface area contributed by atoms with Gasteiger partial charge in [0.25, 0.3) is 0 Å². The Morgan fingerprint density at radius 3 is 2.82 bits per heavy atom. The summed E-state index contributed by atoms with van der Waals surface area (Å²) >= 11 is 0. The fourth-order valence-corrected chi connectivity index (χ4v) is 5.17. The van der Waals surface area contributed by atoms with Crippen molar-refractivity contribution in [1.29, 1.82) is 0 Å². The molecule has 2 aliphatic heterocycles. The van der Waals surface area contributed by atoms with Crippen LogP contribution in [0.1, 0.15) is 44.2 Å². The van der Waals surface area contributed by atoms with Crippen LogP contribution >= 0.6 is 0 Å². The molecule has 120 valence electrons. The van der Waals surface area contributed by atoms with Gasteiger partial charge >= 0.3 is 0 Å². The molecular weight excluding hydrogens is 278 g/mol. The number of hydrogen-bond acceptors (Lipinski definition) is 4. The molecule has 4 nitrogen and oxygen atoms in total. The molecule has 3 aliphatic rings. The molecule has 2 fully saturated rings. The molecule has 1 aromatic carbocycles. The van der Waals surface area contributed by atoms with Crippen LogP contribution in [0.3, 0.4) is 0 Å². The lowest BCUT2D eigenvalue weighted by Crippen LogP contribution is -2.63. The number of ether oxygens (including phenoxy) is 2. The maximum Gasteiger partial charge on any atom is 0.165 e. The molecule has 22 heavy (non-hydrogen) atoms. The van der Waals surface area contributed by atoms with Crippen LogP contribution in [-0.2, 0) is 10.2 Å². The average Bonchev–Trinajstić information content (AvgIpc) is 2.96. The normalized spacial score (nSPS) is 40.5. The molecule has 0 amide bonds. The van der Waals surface area contributed by atoms with Crippen molar-refractivity contribution >= 4 is 0 Å². The van der Waals surface area contributed by atoms with E-state index in [-0.39, 0.29) is 22.9 Å². The molecule has 1 N–H and O–H groups in total. The molecule has 1 aromatic rings. The van der Waals surface area contributed by atoms with Gasteiger partial charge in [-0.3, -0.25) is 4.90 Å². The maximum absolute atomic E-state index is 10.3. The third-order valence-corrected chi connectivity index (χ3v) is 6.52. The van der Waals surface area contributed by atoms with E-state index in [2.05, 4.69) is 32.7 Å². The summed E-state index contributed by atoms with van der Waals surface area (Å²) in [6.45, 7) is 7.32. The van der Waals surface area contributed by atoms with Gasteiger partial charge in [0, 0.05) is 11.6 Å². The first-order valence-electron chi connectivity index (χ1n) is 8.26. The Balaban J connectivity index is 1.96. The Morgan fingerprint density at radius 2 is 2.14 bits per heavy atom. The van der Waals surface area contributed by atoms with Gasteiger partial charge in [0.2, 0.25) is 0 Å². The minimum Gasteiger partial charge on any atom is -0.504 e. The van der Waals surface area contributed by atoms with E-state index in [0.29, 0.717) is 18.5 Å². The number of likely N-dealkylation sites (N-methyl/N-ethyl adjacent to an activating group) is 1. The summed E-state index contributed by atoms with van der Waals surface area (Å²) in [7, 11) is 2.12. The molecular formula is C18H25NO3. The molecule has 1 saturated heterocycles. The number of nitrogens with zero attached hydrogens (tertiary/aromatic N) is 1. The van der Waals surface area contributed by atoms with E-state index in [1.165, 1.54) is 5.56 Å². The molecule has 1 spiro atoms. The first kappa shape index (κ1) is 14.3. The van der Waals surface area contributed by atoms with E-state index in [4.69, 9.17) is 9.47 Å². The van der Waals surface area contributed by atoms with Crippen molar-refractivity contribution in [1.82, 2.24) is 4.90 Å². The van der Waals surface area contributed by atoms with Crippen LogP contribution in [0.2, 0.25) is 0 Å². The van der Waals surface area contributed by atoms with Crippen LogP contribution in [0.5, 0.6) is 11.5 Å². The second kappa shape index (κ2) is 4.39. The quantitative estimate of drug-likeness (QED) is 0.800. The molecule has 1 aliphatic carbocycles. The molecule has 0 radical (unpaired) electrons. The predicted octanol–water partition coefficient (Wildman–Crippen LogP) is 2.95. The Labute approximate surface area is 132 Å². The van der Waals surface area contributed by atoms with Crippen LogP contribution < -0.4 is 4.74 Å². The van der Waals surface area contributed by atoms with E-state index in [1.54, 1.807) is 6.07 Å². The molecule has 4 rings (SSSR count). The summed E-state index contributed by atoms with van der Waals surface area (Å²) in [6.07, 6.45) is 3.25. The van der Waals surface area contributed by atoms with Gasteiger partial charge in [-0.2, -0.15) is 0 Å². The van der Waals surface area contributed by atoms with Crippen molar-refractivity contribution < 1.29 is 14.6 Å². The van der Waals surface area contributed by atoms with Crippen molar-refractivity contribution in [3.05, 3.63) is 23.3 Å². The topological polar surface area (TPSA) is 41.9 Å². The fourth-order valence-electron chi connectivity index (χ4n) is 5.17. The lowest BCUT2D eigenvalue weighted by Gasteiger charge is -2.52. The predicted molar refractivity (Wildman–Crippen MR) is 84.4 cm³/mol. The van der Waals surface area contributed by atoms with Crippen molar-refractivity contribution in [3.8, 4) is 11.5 Å². The van der Waals surface area contributed by atoms with Crippen LogP contribution in [-0.4, -0.2) is 41.5 Å². The zero-order valence-corrected chi connectivity index (χ0v) is 13.8. The smallest absolute Gasteiger partial charge is 0.165 e. The summed E-state index contributed by atoms with van der Waals surface area (Å²) in [5.74, 6) is 0.935. The van der Waals surface area contributed by atoms with E-state index >= 15 is 0 Å². The largest absolute Gasteiger partial charge is 0.504 e. The van der Waals surface area contributed by atoms with E-state index in [1.807, 2.05) is 6.07 Å². The number of aromatic hydroxyl groups is 1. The van der Waals surface area contributed by atoms with Gasteiger partial charge in [-0.25, -0.2) is 0 Å². The zero-order valence-electron chi connectivity index (χ0n) is 13.8. The van der Waals surface area contributed by atoms with E-state index in [0.717, 1.165) is 24.8 Å². The molecule has 2 heterocycles. The number of phenols is 1. The molecule has 4 heteroatoms. The van der Waals surface area contributed by atoms with Gasteiger partial charge in [-0.1, -0.05) is 6.07 Å². The van der Waals surface area contributed by atoms with Crippen molar-refractivity contribution in [2.45, 2.75) is 63.2 Å². The number of rotatable bonds is 0. The van der Waals surface area contributed by atoms with Gasteiger partial charge in [-0.15, -0.1) is 0 Å².